The fraction of sp³-hybridized carbons (Fsp3) is 0.727. The summed E-state index contributed by atoms with van der Waals surface area (Å²) < 4.78 is 7.12. The normalized spacial score (nSPS) is 27.8. The Bertz CT molecular complexity index is 833. The van der Waals surface area contributed by atoms with Crippen LogP contribution in [0.4, 0.5) is 5.69 Å². The third-order valence-electron chi connectivity index (χ3n) is 6.98. The van der Waals surface area contributed by atoms with Crippen molar-refractivity contribution in [2.24, 2.45) is 24.8 Å². The van der Waals surface area contributed by atoms with Crippen LogP contribution in [0.1, 0.15) is 57.8 Å². The molecule has 0 bridgehead atoms. The predicted molar refractivity (Wildman–Crippen MR) is 113 cm³/mol. The summed E-state index contributed by atoms with van der Waals surface area (Å²) in [7, 11) is 1.80. The number of carbonyl (C=O) groups excluding carboxylic acids is 3. The lowest BCUT2D eigenvalue weighted by atomic mass is 9.77. The lowest BCUT2D eigenvalue weighted by Crippen LogP contribution is -2.45. The lowest BCUT2D eigenvalue weighted by Gasteiger charge is -2.39. The Morgan fingerprint density at radius 3 is 2.57 bits per heavy atom. The molecule has 0 spiro atoms. The minimum atomic E-state index is -0.950. The summed E-state index contributed by atoms with van der Waals surface area (Å²) in [5.74, 6) is -0.387. The second kappa shape index (κ2) is 8.78. The summed E-state index contributed by atoms with van der Waals surface area (Å²) in [6.07, 6.45) is 2.50. The van der Waals surface area contributed by atoms with Crippen LogP contribution in [0, 0.1) is 31.6 Å². The van der Waals surface area contributed by atoms with Crippen LogP contribution in [-0.2, 0) is 26.2 Å². The summed E-state index contributed by atoms with van der Waals surface area (Å²) in [5.41, 5.74) is 2.16. The Labute approximate surface area is 178 Å². The van der Waals surface area contributed by atoms with Crippen LogP contribution in [-0.4, -0.2) is 51.2 Å². The minimum absolute atomic E-state index is 0.0154. The van der Waals surface area contributed by atoms with Crippen molar-refractivity contribution in [2.45, 2.75) is 72.4 Å². The number of amides is 2. The molecule has 3 rings (SSSR count). The molecule has 1 saturated heterocycles. The number of carbonyl (C=O) groups is 3. The van der Waals surface area contributed by atoms with Crippen LogP contribution in [0.5, 0.6) is 0 Å². The first-order chi connectivity index (χ1) is 14.1. The van der Waals surface area contributed by atoms with Crippen LogP contribution in [0.2, 0.25) is 0 Å². The molecule has 2 heterocycles. The number of rotatable bonds is 5. The zero-order valence-corrected chi connectivity index (χ0v) is 18.9. The van der Waals surface area contributed by atoms with Gasteiger partial charge >= 0.3 is 5.97 Å². The van der Waals surface area contributed by atoms with E-state index < -0.39 is 23.9 Å². The van der Waals surface area contributed by atoms with Gasteiger partial charge < -0.3 is 15.0 Å². The van der Waals surface area contributed by atoms with E-state index in [4.69, 9.17) is 4.74 Å². The quantitative estimate of drug-likeness (QED) is 0.742. The van der Waals surface area contributed by atoms with Gasteiger partial charge in [-0.2, -0.15) is 5.10 Å². The largest absolute Gasteiger partial charge is 0.452 e. The topological polar surface area (TPSA) is 93.5 Å². The molecule has 5 atom stereocenters. The van der Waals surface area contributed by atoms with Crippen LogP contribution in [0.3, 0.4) is 0 Å². The molecule has 30 heavy (non-hydrogen) atoms. The maximum atomic E-state index is 12.7. The summed E-state index contributed by atoms with van der Waals surface area (Å²) in [4.78, 5) is 39.7. The standard InChI is InChI=1S/C22H34N4O4/c1-12-8-7-9-18(13(12)2)26-11-17(10-19(26)27)22(29)30-16(5)21(28)23-20-14(3)24-25(6)15(20)4/h12-13,16-18H,7-11H2,1-6H3,(H,23,28)/t12-,13-,16-,17-,18+/m0/s1. The molecule has 2 amide bonds. The van der Waals surface area contributed by atoms with Crippen LogP contribution in [0.25, 0.3) is 0 Å². The smallest absolute Gasteiger partial charge is 0.312 e. The van der Waals surface area contributed by atoms with E-state index in [1.54, 1.807) is 18.7 Å². The number of ether oxygens (including phenoxy) is 1. The molecular weight excluding hydrogens is 384 g/mol. The van der Waals surface area contributed by atoms with Crippen molar-refractivity contribution in [3.63, 3.8) is 0 Å². The van der Waals surface area contributed by atoms with Crippen molar-refractivity contribution >= 4 is 23.5 Å². The molecule has 1 aromatic heterocycles. The molecule has 1 aromatic rings. The summed E-state index contributed by atoms with van der Waals surface area (Å²) in [5, 5.41) is 7.07. The van der Waals surface area contributed by atoms with Crippen molar-refractivity contribution in [1.82, 2.24) is 14.7 Å². The SMILES string of the molecule is Cc1nn(C)c(C)c1NC(=O)[C@H](C)OC(=O)[C@H]1CC(=O)N([C@@H]2CCC[C@H](C)[C@@H]2C)C1. The first-order valence-corrected chi connectivity index (χ1v) is 10.9. The van der Waals surface area contributed by atoms with E-state index in [1.165, 1.54) is 6.42 Å². The number of aromatic nitrogens is 2. The highest BCUT2D eigenvalue weighted by Gasteiger charge is 2.42. The number of anilines is 1. The average molecular weight is 419 g/mol. The Hall–Kier alpha value is -2.38. The first kappa shape index (κ1) is 22.3. The van der Waals surface area contributed by atoms with Gasteiger partial charge in [-0.3, -0.25) is 19.1 Å². The molecule has 2 aliphatic rings. The highest BCUT2D eigenvalue weighted by molar-refractivity contribution is 5.96. The van der Waals surface area contributed by atoms with Gasteiger partial charge in [0.15, 0.2) is 6.10 Å². The number of aryl methyl sites for hydroxylation is 2. The molecule has 1 aliphatic heterocycles. The van der Waals surface area contributed by atoms with E-state index in [2.05, 4.69) is 24.3 Å². The number of likely N-dealkylation sites (tertiary alicyclic amines) is 1. The third-order valence-corrected chi connectivity index (χ3v) is 6.98. The van der Waals surface area contributed by atoms with E-state index >= 15 is 0 Å². The molecule has 0 aromatic carbocycles. The zero-order chi connectivity index (χ0) is 22.2. The van der Waals surface area contributed by atoms with Crippen LogP contribution < -0.4 is 5.32 Å². The maximum absolute atomic E-state index is 12.7. The number of esters is 1. The fourth-order valence-corrected chi connectivity index (χ4v) is 4.71. The Balaban J connectivity index is 1.58. The number of hydrogen-bond acceptors (Lipinski definition) is 5. The third kappa shape index (κ3) is 4.37. The molecule has 1 N–H and O–H groups in total. The molecule has 2 fully saturated rings. The average Bonchev–Trinajstić information content (AvgIpc) is 3.18. The molecule has 8 heteroatoms. The summed E-state index contributed by atoms with van der Waals surface area (Å²) in [6, 6.07) is 0.191. The highest BCUT2D eigenvalue weighted by atomic mass is 16.5. The van der Waals surface area contributed by atoms with E-state index in [1.807, 2.05) is 18.7 Å². The van der Waals surface area contributed by atoms with Gasteiger partial charge in [-0.05, 0) is 39.0 Å². The van der Waals surface area contributed by atoms with Crippen LogP contribution >= 0.6 is 0 Å². The zero-order valence-electron chi connectivity index (χ0n) is 18.9. The van der Waals surface area contributed by atoms with Gasteiger partial charge in [0.25, 0.3) is 5.91 Å². The van der Waals surface area contributed by atoms with Crippen molar-refractivity contribution in [3.8, 4) is 0 Å². The van der Waals surface area contributed by atoms with E-state index in [0.717, 1.165) is 18.5 Å². The minimum Gasteiger partial charge on any atom is -0.452 e. The molecule has 166 valence electrons. The summed E-state index contributed by atoms with van der Waals surface area (Å²) in [6.45, 7) is 10.0. The highest BCUT2D eigenvalue weighted by Crippen LogP contribution is 2.36. The van der Waals surface area contributed by atoms with Gasteiger partial charge in [0, 0.05) is 26.1 Å². The van der Waals surface area contributed by atoms with Gasteiger partial charge in [0.2, 0.25) is 5.91 Å². The Morgan fingerprint density at radius 2 is 1.93 bits per heavy atom. The van der Waals surface area contributed by atoms with Crippen LogP contribution in [0.15, 0.2) is 0 Å². The fourth-order valence-electron chi connectivity index (χ4n) is 4.71. The number of nitrogens with one attached hydrogen (secondary N) is 1. The molecule has 1 aliphatic carbocycles. The lowest BCUT2D eigenvalue weighted by molar-refractivity contribution is -0.157. The van der Waals surface area contributed by atoms with Gasteiger partial charge in [-0.15, -0.1) is 0 Å². The van der Waals surface area contributed by atoms with Gasteiger partial charge in [-0.25, -0.2) is 0 Å². The second-order valence-corrected chi connectivity index (χ2v) is 9.02. The Kier molecular flexibility index (Phi) is 6.53. The monoisotopic (exact) mass is 418 g/mol. The summed E-state index contributed by atoms with van der Waals surface area (Å²) >= 11 is 0. The predicted octanol–water partition coefficient (Wildman–Crippen LogP) is 2.58. The number of hydrogen-bond donors (Lipinski definition) is 1. The van der Waals surface area contributed by atoms with Gasteiger partial charge in [-0.1, -0.05) is 26.7 Å². The molecule has 0 unspecified atom stereocenters. The number of nitrogens with zero attached hydrogens (tertiary/aromatic N) is 3. The van der Waals surface area contributed by atoms with Crippen molar-refractivity contribution in [2.75, 3.05) is 11.9 Å². The van der Waals surface area contributed by atoms with Crippen molar-refractivity contribution in [1.29, 1.82) is 0 Å². The molecule has 0 radical (unpaired) electrons. The molecular formula is C22H34N4O4. The van der Waals surface area contributed by atoms with E-state index in [0.29, 0.717) is 29.8 Å². The second-order valence-electron chi connectivity index (χ2n) is 9.02. The van der Waals surface area contributed by atoms with Gasteiger partial charge in [0.1, 0.15) is 0 Å². The van der Waals surface area contributed by atoms with Crippen molar-refractivity contribution in [3.05, 3.63) is 11.4 Å². The molecule has 8 nitrogen and oxygen atoms in total. The first-order valence-electron chi connectivity index (χ1n) is 10.9. The van der Waals surface area contributed by atoms with Crippen molar-refractivity contribution < 1.29 is 19.1 Å². The van der Waals surface area contributed by atoms with E-state index in [-0.39, 0.29) is 18.4 Å². The molecule has 1 saturated carbocycles. The Morgan fingerprint density at radius 1 is 1.23 bits per heavy atom. The maximum Gasteiger partial charge on any atom is 0.312 e. The van der Waals surface area contributed by atoms with E-state index in [9.17, 15) is 14.4 Å². The van der Waals surface area contributed by atoms with Gasteiger partial charge in [0.05, 0.1) is 23.0 Å².